The van der Waals surface area contributed by atoms with Gasteiger partial charge >= 0.3 is 0 Å². The van der Waals surface area contributed by atoms with Crippen molar-refractivity contribution in [3.8, 4) is 11.8 Å². The van der Waals surface area contributed by atoms with E-state index in [2.05, 4.69) is 11.8 Å². The summed E-state index contributed by atoms with van der Waals surface area (Å²) in [7, 11) is 0. The van der Waals surface area contributed by atoms with Crippen molar-refractivity contribution in [3.63, 3.8) is 0 Å². The molecule has 0 aliphatic heterocycles. The average Bonchev–Trinajstić information content (AvgIpc) is 2.15. The first kappa shape index (κ1) is 10.2. The lowest BCUT2D eigenvalue weighted by Crippen LogP contribution is -2.11. The van der Waals surface area contributed by atoms with E-state index in [1.165, 1.54) is 12.1 Å². The van der Waals surface area contributed by atoms with Gasteiger partial charge in [0.1, 0.15) is 5.82 Å². The zero-order valence-corrected chi connectivity index (χ0v) is 7.38. The van der Waals surface area contributed by atoms with Crippen molar-refractivity contribution in [2.24, 2.45) is 11.5 Å². The standard InChI is InChI=1S/C10H9FN2O/c11-9-6-8(10(13)14)4-3-7(9)2-1-5-12/h3-4,6H,5,12H2,(H2,13,14). The van der Waals surface area contributed by atoms with Gasteiger partial charge in [-0.15, -0.1) is 0 Å². The van der Waals surface area contributed by atoms with Crippen LogP contribution >= 0.6 is 0 Å². The molecule has 0 aromatic heterocycles. The van der Waals surface area contributed by atoms with Gasteiger partial charge in [-0.1, -0.05) is 11.8 Å². The van der Waals surface area contributed by atoms with E-state index in [9.17, 15) is 9.18 Å². The van der Waals surface area contributed by atoms with Crippen LogP contribution in [0.5, 0.6) is 0 Å². The molecule has 4 heteroatoms. The fourth-order valence-corrected chi connectivity index (χ4v) is 0.916. The molecule has 72 valence electrons. The highest BCUT2D eigenvalue weighted by atomic mass is 19.1. The molecule has 4 N–H and O–H groups in total. The van der Waals surface area contributed by atoms with Crippen LogP contribution < -0.4 is 11.5 Å². The number of carbonyl (C=O) groups excluding carboxylic acids is 1. The Kier molecular flexibility index (Phi) is 3.21. The summed E-state index contributed by atoms with van der Waals surface area (Å²) in [6.45, 7) is 0.164. The molecular weight excluding hydrogens is 183 g/mol. The molecule has 0 fully saturated rings. The van der Waals surface area contributed by atoms with Gasteiger partial charge in [-0.3, -0.25) is 4.79 Å². The van der Waals surface area contributed by atoms with Crippen LogP contribution in [0.4, 0.5) is 4.39 Å². The number of benzene rings is 1. The maximum atomic E-state index is 13.2. The Morgan fingerprint density at radius 1 is 1.50 bits per heavy atom. The molecule has 0 aliphatic carbocycles. The maximum absolute atomic E-state index is 13.2. The normalized spacial score (nSPS) is 9.00. The quantitative estimate of drug-likeness (QED) is 0.625. The zero-order chi connectivity index (χ0) is 10.6. The molecule has 0 heterocycles. The molecule has 1 aromatic rings. The number of amides is 1. The summed E-state index contributed by atoms with van der Waals surface area (Å²) >= 11 is 0. The molecule has 0 saturated carbocycles. The third-order valence-corrected chi connectivity index (χ3v) is 1.58. The molecule has 1 aromatic carbocycles. The Hall–Kier alpha value is -1.86. The number of primary amides is 1. The number of hydrogen-bond acceptors (Lipinski definition) is 2. The molecule has 0 saturated heterocycles. The van der Waals surface area contributed by atoms with Crippen molar-refractivity contribution in [2.45, 2.75) is 0 Å². The average molecular weight is 192 g/mol. The van der Waals surface area contributed by atoms with E-state index in [1.54, 1.807) is 0 Å². The minimum atomic E-state index is -0.665. The van der Waals surface area contributed by atoms with Crippen molar-refractivity contribution in [2.75, 3.05) is 6.54 Å². The molecule has 3 nitrogen and oxygen atoms in total. The maximum Gasteiger partial charge on any atom is 0.248 e. The highest BCUT2D eigenvalue weighted by molar-refractivity contribution is 5.92. The lowest BCUT2D eigenvalue weighted by Gasteiger charge is -1.97. The SMILES string of the molecule is NCC#Cc1ccc(C(N)=O)cc1F. The molecular formula is C10H9FN2O. The van der Waals surface area contributed by atoms with Crippen molar-refractivity contribution in [1.29, 1.82) is 0 Å². The van der Waals surface area contributed by atoms with Crippen molar-refractivity contribution in [3.05, 3.63) is 35.1 Å². The number of hydrogen-bond donors (Lipinski definition) is 2. The van der Waals surface area contributed by atoms with Crippen LogP contribution in [0.2, 0.25) is 0 Å². The Labute approximate surface area is 80.9 Å². The molecule has 0 unspecified atom stereocenters. The second-order valence-corrected chi connectivity index (χ2v) is 2.56. The lowest BCUT2D eigenvalue weighted by atomic mass is 10.1. The van der Waals surface area contributed by atoms with Crippen LogP contribution in [-0.2, 0) is 0 Å². The fraction of sp³-hybridized carbons (Fsp3) is 0.100. The monoisotopic (exact) mass is 192 g/mol. The van der Waals surface area contributed by atoms with Gasteiger partial charge in [0.15, 0.2) is 0 Å². The second kappa shape index (κ2) is 4.40. The Balaban J connectivity index is 3.07. The van der Waals surface area contributed by atoms with Gasteiger partial charge in [0.25, 0.3) is 0 Å². The van der Waals surface area contributed by atoms with E-state index in [4.69, 9.17) is 11.5 Å². The van der Waals surface area contributed by atoms with Crippen LogP contribution in [0.1, 0.15) is 15.9 Å². The Morgan fingerprint density at radius 2 is 2.21 bits per heavy atom. The summed E-state index contributed by atoms with van der Waals surface area (Å²) in [4.78, 5) is 10.7. The lowest BCUT2D eigenvalue weighted by molar-refractivity contribution is 0.1000. The molecule has 0 radical (unpaired) electrons. The van der Waals surface area contributed by atoms with Crippen LogP contribution in [0.3, 0.4) is 0 Å². The van der Waals surface area contributed by atoms with Crippen molar-refractivity contribution in [1.82, 2.24) is 0 Å². The molecule has 1 rings (SSSR count). The summed E-state index contributed by atoms with van der Waals surface area (Å²) in [5.74, 6) is 3.82. The molecule has 0 atom stereocenters. The van der Waals surface area contributed by atoms with E-state index in [0.29, 0.717) is 0 Å². The van der Waals surface area contributed by atoms with Crippen LogP contribution in [-0.4, -0.2) is 12.5 Å². The van der Waals surface area contributed by atoms with Crippen molar-refractivity contribution < 1.29 is 9.18 Å². The predicted molar refractivity (Wildman–Crippen MR) is 50.9 cm³/mol. The minimum absolute atomic E-state index is 0.126. The molecule has 14 heavy (non-hydrogen) atoms. The van der Waals surface area contributed by atoms with Crippen LogP contribution in [0.25, 0.3) is 0 Å². The first-order chi connectivity index (χ1) is 6.65. The smallest absolute Gasteiger partial charge is 0.248 e. The largest absolute Gasteiger partial charge is 0.366 e. The zero-order valence-electron chi connectivity index (χ0n) is 7.38. The van der Waals surface area contributed by atoms with E-state index in [1.807, 2.05) is 0 Å². The number of nitrogens with two attached hydrogens (primary N) is 2. The van der Waals surface area contributed by atoms with E-state index >= 15 is 0 Å². The third-order valence-electron chi connectivity index (χ3n) is 1.58. The van der Waals surface area contributed by atoms with Gasteiger partial charge in [0.2, 0.25) is 5.91 Å². The Bertz CT molecular complexity index is 418. The number of carbonyl (C=O) groups is 1. The number of halogens is 1. The predicted octanol–water partition coefficient (Wildman–Crippen LogP) is 0.235. The van der Waals surface area contributed by atoms with Gasteiger partial charge in [0, 0.05) is 5.56 Å². The van der Waals surface area contributed by atoms with Gasteiger partial charge in [0.05, 0.1) is 12.1 Å². The van der Waals surface area contributed by atoms with Gasteiger partial charge in [-0.05, 0) is 18.2 Å². The van der Waals surface area contributed by atoms with Gasteiger partial charge < -0.3 is 11.5 Å². The molecule has 1 amide bonds. The summed E-state index contributed by atoms with van der Waals surface area (Å²) < 4.78 is 13.2. The first-order valence-corrected chi connectivity index (χ1v) is 3.93. The van der Waals surface area contributed by atoms with E-state index < -0.39 is 11.7 Å². The van der Waals surface area contributed by atoms with Gasteiger partial charge in [-0.25, -0.2) is 4.39 Å². The van der Waals surface area contributed by atoms with E-state index in [0.717, 1.165) is 6.07 Å². The summed E-state index contributed by atoms with van der Waals surface area (Å²) in [6.07, 6.45) is 0. The molecule has 0 bridgehead atoms. The summed E-state index contributed by atoms with van der Waals surface area (Å²) in [5.41, 5.74) is 10.4. The van der Waals surface area contributed by atoms with Crippen LogP contribution in [0.15, 0.2) is 18.2 Å². The van der Waals surface area contributed by atoms with Crippen LogP contribution in [0, 0.1) is 17.7 Å². The second-order valence-electron chi connectivity index (χ2n) is 2.56. The summed E-state index contributed by atoms with van der Waals surface area (Å²) in [5, 5.41) is 0. The van der Waals surface area contributed by atoms with E-state index in [-0.39, 0.29) is 17.7 Å². The molecule has 0 aliphatic rings. The first-order valence-electron chi connectivity index (χ1n) is 3.93. The van der Waals surface area contributed by atoms with Crippen molar-refractivity contribution >= 4 is 5.91 Å². The highest BCUT2D eigenvalue weighted by Crippen LogP contribution is 2.08. The number of rotatable bonds is 1. The highest BCUT2D eigenvalue weighted by Gasteiger charge is 2.04. The Morgan fingerprint density at radius 3 is 2.71 bits per heavy atom. The summed E-state index contributed by atoms with van der Waals surface area (Å²) in [6, 6.07) is 3.88. The fourth-order valence-electron chi connectivity index (χ4n) is 0.916. The third kappa shape index (κ3) is 2.31. The minimum Gasteiger partial charge on any atom is -0.366 e. The molecule has 0 spiro atoms. The van der Waals surface area contributed by atoms with Gasteiger partial charge in [-0.2, -0.15) is 0 Å². The topological polar surface area (TPSA) is 69.1 Å².